The second kappa shape index (κ2) is 9.87. The fourth-order valence-corrected chi connectivity index (χ4v) is 5.91. The first-order chi connectivity index (χ1) is 16.2. The fraction of sp³-hybridized carbons (Fsp3) is 0.231. The van der Waals surface area contributed by atoms with E-state index >= 15 is 0 Å². The minimum Gasteiger partial charge on any atom is -0.367 e. The topological polar surface area (TPSA) is 48.5 Å². The first-order valence-corrected chi connectivity index (χ1v) is 12.8. The summed E-state index contributed by atoms with van der Waals surface area (Å²) >= 11 is 3.25. The zero-order chi connectivity index (χ0) is 22.6. The van der Waals surface area contributed by atoms with Gasteiger partial charge >= 0.3 is 0 Å². The van der Waals surface area contributed by atoms with E-state index in [0.717, 1.165) is 63.6 Å². The second-order valence-electron chi connectivity index (χ2n) is 8.17. The van der Waals surface area contributed by atoms with Gasteiger partial charge in [-0.3, -0.25) is 4.79 Å². The van der Waals surface area contributed by atoms with Crippen LogP contribution < -0.4 is 10.2 Å². The highest BCUT2D eigenvalue weighted by Gasteiger charge is 2.20. The van der Waals surface area contributed by atoms with Crippen molar-refractivity contribution in [2.24, 2.45) is 0 Å². The largest absolute Gasteiger partial charge is 0.367 e. The lowest BCUT2D eigenvalue weighted by molar-refractivity contribution is -0.115. The molecule has 0 spiro atoms. The number of likely N-dealkylation sites (N-methyl/N-ethyl adjacent to an activating group) is 1. The number of aromatic nitrogens is 1. The highest BCUT2D eigenvalue weighted by atomic mass is 32.1. The zero-order valence-electron chi connectivity index (χ0n) is 18.5. The van der Waals surface area contributed by atoms with Crippen LogP contribution in [0.4, 0.5) is 11.4 Å². The van der Waals surface area contributed by atoms with Gasteiger partial charge in [-0.05, 0) is 30.6 Å². The molecule has 0 saturated carbocycles. The summed E-state index contributed by atoms with van der Waals surface area (Å²) in [6.07, 6.45) is 0.300. The number of carbonyl (C=O) groups excluding carboxylic acids is 1. The molecule has 3 heterocycles. The van der Waals surface area contributed by atoms with Crippen LogP contribution in [-0.2, 0) is 11.2 Å². The van der Waals surface area contributed by atoms with Crippen molar-refractivity contribution < 1.29 is 4.79 Å². The number of hydrogen-bond acceptors (Lipinski definition) is 6. The molecule has 168 valence electrons. The first-order valence-electron chi connectivity index (χ1n) is 11.1. The van der Waals surface area contributed by atoms with Gasteiger partial charge in [-0.1, -0.05) is 48.5 Å². The van der Waals surface area contributed by atoms with Gasteiger partial charge in [-0.2, -0.15) is 0 Å². The van der Waals surface area contributed by atoms with Crippen LogP contribution in [0.5, 0.6) is 0 Å². The monoisotopic (exact) mass is 474 g/mol. The van der Waals surface area contributed by atoms with Crippen LogP contribution in [0.15, 0.2) is 72.1 Å². The van der Waals surface area contributed by atoms with Crippen LogP contribution in [-0.4, -0.2) is 49.0 Å². The third-order valence-corrected chi connectivity index (χ3v) is 7.80. The number of anilines is 2. The molecule has 4 aromatic rings. The molecule has 1 aliphatic heterocycles. The van der Waals surface area contributed by atoms with Crippen molar-refractivity contribution in [3.8, 4) is 21.1 Å². The number of nitrogens with zero attached hydrogens (tertiary/aromatic N) is 3. The van der Waals surface area contributed by atoms with E-state index in [1.54, 1.807) is 22.7 Å². The number of thiazole rings is 1. The smallest absolute Gasteiger partial charge is 0.229 e. The van der Waals surface area contributed by atoms with Gasteiger partial charge in [0.15, 0.2) is 0 Å². The quantitative estimate of drug-likeness (QED) is 0.402. The number of thiophene rings is 1. The van der Waals surface area contributed by atoms with Gasteiger partial charge in [-0.15, -0.1) is 22.7 Å². The van der Waals surface area contributed by atoms with Crippen molar-refractivity contribution >= 4 is 40.0 Å². The maximum Gasteiger partial charge on any atom is 0.229 e. The Labute approximate surface area is 202 Å². The van der Waals surface area contributed by atoms with Crippen LogP contribution in [0.2, 0.25) is 0 Å². The minimum atomic E-state index is -0.0161. The number of para-hydroxylation sites is 2. The van der Waals surface area contributed by atoms with E-state index in [-0.39, 0.29) is 5.91 Å². The van der Waals surface area contributed by atoms with E-state index in [1.807, 2.05) is 47.8 Å². The van der Waals surface area contributed by atoms with E-state index in [4.69, 9.17) is 4.98 Å². The molecular formula is C26H26N4OS2. The normalized spacial score (nSPS) is 14.4. The summed E-state index contributed by atoms with van der Waals surface area (Å²) in [5.41, 5.74) is 3.95. The molecule has 5 nitrogen and oxygen atoms in total. The number of benzene rings is 2. The Hall–Kier alpha value is -3.00. The Balaban J connectivity index is 1.38. The average Bonchev–Trinajstić information content (AvgIpc) is 3.51. The summed E-state index contributed by atoms with van der Waals surface area (Å²) in [5.74, 6) is -0.0161. The first kappa shape index (κ1) is 21.8. The van der Waals surface area contributed by atoms with E-state index in [0.29, 0.717) is 6.42 Å². The molecule has 1 N–H and O–H groups in total. The van der Waals surface area contributed by atoms with Crippen molar-refractivity contribution in [1.29, 1.82) is 0 Å². The molecule has 33 heavy (non-hydrogen) atoms. The summed E-state index contributed by atoms with van der Waals surface area (Å²) in [5, 5.41) is 6.17. The number of hydrogen-bond donors (Lipinski definition) is 1. The molecule has 0 atom stereocenters. The molecule has 1 fully saturated rings. The molecule has 0 unspecified atom stereocenters. The Morgan fingerprint density at radius 2 is 1.73 bits per heavy atom. The molecule has 1 amide bonds. The van der Waals surface area contributed by atoms with Crippen molar-refractivity contribution in [3.05, 3.63) is 77.0 Å². The molecule has 2 aromatic heterocycles. The molecule has 1 aliphatic rings. The highest BCUT2D eigenvalue weighted by Crippen LogP contribution is 2.36. The predicted molar refractivity (Wildman–Crippen MR) is 139 cm³/mol. The lowest BCUT2D eigenvalue weighted by atomic mass is 10.2. The van der Waals surface area contributed by atoms with Crippen LogP contribution in [0, 0.1) is 0 Å². The molecule has 1 saturated heterocycles. The number of piperazine rings is 1. The zero-order valence-corrected chi connectivity index (χ0v) is 20.2. The van der Waals surface area contributed by atoms with Crippen molar-refractivity contribution in [2.75, 3.05) is 43.4 Å². The standard InChI is InChI=1S/C26H26N4OS2/c1-29-13-15-30(16-14-29)21-11-6-5-10-20(21)27-24(31)18-23-25(22-12-7-17-32-22)28-26(33-23)19-8-3-2-4-9-19/h2-12,17H,13-16,18H2,1H3,(H,27,31). The maximum absolute atomic E-state index is 13.2. The Bertz CT molecular complexity index is 1210. The van der Waals surface area contributed by atoms with E-state index in [2.05, 4.69) is 46.4 Å². The Morgan fingerprint density at radius 3 is 2.48 bits per heavy atom. The van der Waals surface area contributed by atoms with Gasteiger partial charge in [-0.25, -0.2) is 4.98 Å². The van der Waals surface area contributed by atoms with Crippen LogP contribution in [0.3, 0.4) is 0 Å². The Kier molecular flexibility index (Phi) is 6.53. The summed E-state index contributed by atoms with van der Waals surface area (Å²) in [6.45, 7) is 3.97. The lowest BCUT2D eigenvalue weighted by Gasteiger charge is -2.35. The summed E-state index contributed by atoms with van der Waals surface area (Å²) in [4.78, 5) is 24.9. The van der Waals surface area contributed by atoms with Crippen LogP contribution in [0.25, 0.3) is 21.1 Å². The summed E-state index contributed by atoms with van der Waals surface area (Å²) in [7, 11) is 2.15. The number of nitrogens with one attached hydrogen (secondary N) is 1. The van der Waals surface area contributed by atoms with Crippen LogP contribution >= 0.6 is 22.7 Å². The van der Waals surface area contributed by atoms with Crippen LogP contribution in [0.1, 0.15) is 4.88 Å². The van der Waals surface area contributed by atoms with Gasteiger partial charge in [0.05, 0.1) is 28.4 Å². The molecule has 0 radical (unpaired) electrons. The average molecular weight is 475 g/mol. The fourth-order valence-electron chi connectivity index (χ4n) is 4.02. The van der Waals surface area contributed by atoms with Gasteiger partial charge in [0.25, 0.3) is 0 Å². The summed E-state index contributed by atoms with van der Waals surface area (Å²) in [6, 6.07) is 22.4. The lowest BCUT2D eigenvalue weighted by Crippen LogP contribution is -2.44. The maximum atomic E-state index is 13.2. The van der Waals surface area contributed by atoms with E-state index in [9.17, 15) is 4.79 Å². The predicted octanol–water partition coefficient (Wildman–Crippen LogP) is 5.47. The Morgan fingerprint density at radius 1 is 0.970 bits per heavy atom. The third-order valence-electron chi connectivity index (χ3n) is 5.82. The molecular weight excluding hydrogens is 448 g/mol. The van der Waals surface area contributed by atoms with Crippen molar-refractivity contribution in [2.45, 2.75) is 6.42 Å². The van der Waals surface area contributed by atoms with Gasteiger partial charge in [0, 0.05) is 36.6 Å². The molecule has 0 bridgehead atoms. The van der Waals surface area contributed by atoms with E-state index in [1.165, 1.54) is 0 Å². The molecule has 5 rings (SSSR count). The van der Waals surface area contributed by atoms with Crippen molar-refractivity contribution in [3.63, 3.8) is 0 Å². The van der Waals surface area contributed by atoms with Crippen molar-refractivity contribution in [1.82, 2.24) is 9.88 Å². The molecule has 0 aliphatic carbocycles. The van der Waals surface area contributed by atoms with Gasteiger partial charge < -0.3 is 15.1 Å². The SMILES string of the molecule is CN1CCN(c2ccccc2NC(=O)Cc2sc(-c3ccccc3)nc2-c2cccs2)CC1. The minimum absolute atomic E-state index is 0.0161. The summed E-state index contributed by atoms with van der Waals surface area (Å²) < 4.78 is 0. The third kappa shape index (κ3) is 5.00. The number of rotatable bonds is 6. The number of amides is 1. The second-order valence-corrected chi connectivity index (χ2v) is 10.2. The van der Waals surface area contributed by atoms with E-state index < -0.39 is 0 Å². The molecule has 7 heteroatoms. The van der Waals surface area contributed by atoms with Gasteiger partial charge in [0.2, 0.25) is 5.91 Å². The number of carbonyl (C=O) groups is 1. The molecule has 2 aromatic carbocycles. The van der Waals surface area contributed by atoms with Gasteiger partial charge in [0.1, 0.15) is 5.01 Å². The highest BCUT2D eigenvalue weighted by molar-refractivity contribution is 7.17.